The number of ether oxygens (including phenoxy) is 1. The first-order valence-corrected chi connectivity index (χ1v) is 6.55. The zero-order valence-electron chi connectivity index (χ0n) is 10.8. The summed E-state index contributed by atoms with van der Waals surface area (Å²) in [6, 6.07) is 0. The van der Waals surface area contributed by atoms with E-state index in [-0.39, 0.29) is 0 Å². The molecule has 2 rings (SSSR count). The highest BCUT2D eigenvalue weighted by molar-refractivity contribution is 5.97. The predicted molar refractivity (Wildman–Crippen MR) is 71.3 cm³/mol. The largest absolute Gasteiger partial charge is 0.491 e. The van der Waals surface area contributed by atoms with Gasteiger partial charge in [-0.2, -0.15) is 0 Å². The molecule has 3 heteroatoms. The van der Waals surface area contributed by atoms with E-state index in [4.69, 9.17) is 4.74 Å². The van der Waals surface area contributed by atoms with Crippen molar-refractivity contribution < 1.29 is 4.74 Å². The molecule has 1 fully saturated rings. The average molecular weight is 234 g/mol. The average Bonchev–Trinajstić information content (AvgIpc) is 2.56. The molecule has 0 amide bonds. The number of hydrogen-bond donors (Lipinski definition) is 1. The molecular weight excluding hydrogens is 212 g/mol. The maximum atomic E-state index is 6.00. The Bertz CT molecular complexity index is 336. The van der Waals surface area contributed by atoms with Crippen molar-refractivity contribution in [1.82, 2.24) is 5.32 Å². The molecule has 1 saturated heterocycles. The van der Waals surface area contributed by atoms with E-state index >= 15 is 0 Å². The summed E-state index contributed by atoms with van der Waals surface area (Å²) in [5.74, 6) is 1.47. The second kappa shape index (κ2) is 6.01. The lowest BCUT2D eigenvalue weighted by Gasteiger charge is -2.24. The Kier molecular flexibility index (Phi) is 4.37. The third kappa shape index (κ3) is 3.70. The molecule has 2 aliphatic heterocycles. The van der Waals surface area contributed by atoms with Gasteiger partial charge in [0.1, 0.15) is 11.9 Å². The Balaban J connectivity index is 1.90. The quantitative estimate of drug-likeness (QED) is 0.813. The van der Waals surface area contributed by atoms with Crippen LogP contribution in [-0.4, -0.2) is 31.4 Å². The summed E-state index contributed by atoms with van der Waals surface area (Å²) < 4.78 is 6.00. The van der Waals surface area contributed by atoms with E-state index in [9.17, 15) is 0 Å². The molecule has 3 nitrogen and oxygen atoms in total. The van der Waals surface area contributed by atoms with Gasteiger partial charge in [-0.25, -0.2) is 0 Å². The summed E-state index contributed by atoms with van der Waals surface area (Å²) in [6.07, 6.45) is 8.80. The molecule has 0 aliphatic carbocycles. The van der Waals surface area contributed by atoms with E-state index < -0.39 is 0 Å². The summed E-state index contributed by atoms with van der Waals surface area (Å²) in [4.78, 5) is 4.53. The normalized spacial score (nSPS) is 22.1. The number of nitrogens with one attached hydrogen (secondary N) is 1. The zero-order valence-corrected chi connectivity index (χ0v) is 10.8. The molecule has 2 heterocycles. The Labute approximate surface area is 104 Å². The summed E-state index contributed by atoms with van der Waals surface area (Å²) in [5.41, 5.74) is 1.16. The second-order valence-corrected chi connectivity index (χ2v) is 4.93. The highest BCUT2D eigenvalue weighted by Gasteiger charge is 2.15. The van der Waals surface area contributed by atoms with Gasteiger partial charge in [0.05, 0.1) is 6.54 Å². The molecule has 0 saturated carbocycles. The van der Waals surface area contributed by atoms with Gasteiger partial charge >= 0.3 is 0 Å². The Morgan fingerprint density at radius 2 is 2.06 bits per heavy atom. The van der Waals surface area contributed by atoms with Crippen LogP contribution in [0.1, 0.15) is 26.7 Å². The van der Waals surface area contributed by atoms with E-state index in [1.54, 1.807) is 0 Å². The first-order chi connectivity index (χ1) is 8.25. The molecule has 2 aliphatic rings. The molecule has 0 spiro atoms. The number of nitrogens with zero attached hydrogens (tertiary/aromatic N) is 1. The van der Waals surface area contributed by atoms with Gasteiger partial charge in [-0.1, -0.05) is 13.8 Å². The lowest BCUT2D eigenvalue weighted by molar-refractivity contribution is 0.0956. The monoisotopic (exact) mass is 234 g/mol. The minimum absolute atomic E-state index is 0.368. The lowest BCUT2D eigenvalue weighted by atomic mass is 10.1. The van der Waals surface area contributed by atoms with Crippen LogP contribution >= 0.6 is 0 Å². The molecule has 94 valence electrons. The Morgan fingerprint density at radius 1 is 1.29 bits per heavy atom. The molecular formula is C14H22N2O. The van der Waals surface area contributed by atoms with Crippen molar-refractivity contribution in [3.63, 3.8) is 0 Å². The van der Waals surface area contributed by atoms with Crippen molar-refractivity contribution in [1.29, 1.82) is 0 Å². The van der Waals surface area contributed by atoms with Crippen LogP contribution in [0.3, 0.4) is 0 Å². The summed E-state index contributed by atoms with van der Waals surface area (Å²) >= 11 is 0. The maximum absolute atomic E-state index is 6.00. The van der Waals surface area contributed by atoms with Gasteiger partial charge < -0.3 is 10.1 Å². The molecule has 17 heavy (non-hydrogen) atoms. The van der Waals surface area contributed by atoms with Gasteiger partial charge in [0.15, 0.2) is 0 Å². The molecule has 0 aromatic heterocycles. The first kappa shape index (κ1) is 12.4. The van der Waals surface area contributed by atoms with Crippen LogP contribution in [0.4, 0.5) is 0 Å². The summed E-state index contributed by atoms with van der Waals surface area (Å²) in [7, 11) is 0. The SMILES string of the molecule is CC(C)C1=NCC=C(OC2CCNCC2)C=C1. The predicted octanol–water partition coefficient (Wildman–Crippen LogP) is 2.31. The van der Waals surface area contributed by atoms with Crippen molar-refractivity contribution in [2.75, 3.05) is 19.6 Å². The second-order valence-electron chi connectivity index (χ2n) is 4.93. The van der Waals surface area contributed by atoms with Crippen LogP contribution < -0.4 is 5.32 Å². The van der Waals surface area contributed by atoms with Crippen LogP contribution in [0.25, 0.3) is 0 Å². The van der Waals surface area contributed by atoms with Crippen LogP contribution in [0.15, 0.2) is 29.0 Å². The number of aliphatic imine (C=N–C) groups is 1. The summed E-state index contributed by atoms with van der Waals surface area (Å²) in [6.45, 7) is 7.20. The van der Waals surface area contributed by atoms with Crippen molar-refractivity contribution in [2.45, 2.75) is 32.8 Å². The molecule has 0 bridgehead atoms. The van der Waals surface area contributed by atoms with Crippen molar-refractivity contribution >= 4 is 5.71 Å². The minimum atomic E-state index is 0.368. The molecule has 0 aromatic carbocycles. The topological polar surface area (TPSA) is 33.6 Å². The molecule has 0 radical (unpaired) electrons. The van der Waals surface area contributed by atoms with Gasteiger partial charge in [-0.3, -0.25) is 4.99 Å². The molecule has 0 unspecified atom stereocenters. The standard InChI is InChI=1S/C14H22N2O/c1-11(2)14-4-3-12(7-10-16-14)17-13-5-8-15-9-6-13/h3-4,7,11,13,15H,5-6,8-10H2,1-2H3. The molecule has 0 aromatic rings. The highest BCUT2D eigenvalue weighted by atomic mass is 16.5. The summed E-state index contributed by atoms with van der Waals surface area (Å²) in [5, 5.41) is 3.35. The number of piperidine rings is 1. The molecule has 0 atom stereocenters. The van der Waals surface area contributed by atoms with Crippen molar-refractivity contribution in [2.24, 2.45) is 10.9 Å². The fourth-order valence-electron chi connectivity index (χ4n) is 2.10. The Morgan fingerprint density at radius 3 is 2.76 bits per heavy atom. The smallest absolute Gasteiger partial charge is 0.117 e. The van der Waals surface area contributed by atoms with Crippen LogP contribution in [-0.2, 0) is 4.74 Å². The van der Waals surface area contributed by atoms with E-state index in [2.05, 4.69) is 42.4 Å². The van der Waals surface area contributed by atoms with E-state index in [1.807, 2.05) is 0 Å². The van der Waals surface area contributed by atoms with E-state index in [0.717, 1.165) is 43.9 Å². The van der Waals surface area contributed by atoms with E-state index in [1.165, 1.54) is 0 Å². The number of rotatable bonds is 3. The van der Waals surface area contributed by atoms with Gasteiger partial charge in [-0.15, -0.1) is 0 Å². The third-order valence-corrected chi connectivity index (χ3v) is 3.17. The van der Waals surface area contributed by atoms with Crippen molar-refractivity contribution in [3.05, 3.63) is 24.0 Å². The van der Waals surface area contributed by atoms with Gasteiger partial charge in [0, 0.05) is 5.71 Å². The Hall–Kier alpha value is -1.09. The fourth-order valence-corrected chi connectivity index (χ4v) is 2.10. The highest BCUT2D eigenvalue weighted by Crippen LogP contribution is 2.15. The van der Waals surface area contributed by atoms with Gasteiger partial charge in [-0.05, 0) is 50.1 Å². The van der Waals surface area contributed by atoms with Gasteiger partial charge in [0.2, 0.25) is 0 Å². The lowest BCUT2D eigenvalue weighted by Crippen LogP contribution is -2.32. The number of allylic oxidation sites excluding steroid dienone is 2. The molecule has 1 N–H and O–H groups in total. The van der Waals surface area contributed by atoms with Gasteiger partial charge in [0.25, 0.3) is 0 Å². The minimum Gasteiger partial charge on any atom is -0.491 e. The number of hydrogen-bond acceptors (Lipinski definition) is 3. The van der Waals surface area contributed by atoms with Crippen molar-refractivity contribution in [3.8, 4) is 0 Å². The van der Waals surface area contributed by atoms with Crippen LogP contribution in [0.5, 0.6) is 0 Å². The first-order valence-electron chi connectivity index (χ1n) is 6.55. The van der Waals surface area contributed by atoms with Crippen LogP contribution in [0.2, 0.25) is 0 Å². The third-order valence-electron chi connectivity index (χ3n) is 3.17. The zero-order chi connectivity index (χ0) is 12.1. The fraction of sp³-hybridized carbons (Fsp3) is 0.643. The van der Waals surface area contributed by atoms with Crippen LogP contribution in [0, 0.1) is 5.92 Å². The van der Waals surface area contributed by atoms with E-state index in [0.29, 0.717) is 12.0 Å². The maximum Gasteiger partial charge on any atom is 0.117 e.